The van der Waals surface area contributed by atoms with Crippen LogP contribution in [-0.4, -0.2) is 36.7 Å². The van der Waals surface area contributed by atoms with Crippen LogP contribution in [0.1, 0.15) is 19.5 Å². The van der Waals surface area contributed by atoms with Crippen LogP contribution in [0.2, 0.25) is 0 Å². The van der Waals surface area contributed by atoms with Crippen LogP contribution >= 0.6 is 11.3 Å². The van der Waals surface area contributed by atoms with Crippen molar-refractivity contribution in [3.05, 3.63) is 59.6 Å². The van der Waals surface area contributed by atoms with Gasteiger partial charge >= 0.3 is 5.97 Å². The third-order valence-electron chi connectivity index (χ3n) is 4.09. The third kappa shape index (κ3) is 6.55. The monoisotopic (exact) mass is 440 g/mol. The van der Waals surface area contributed by atoms with Crippen LogP contribution < -0.4 is 14.8 Å². The molecule has 0 fully saturated rings. The smallest absolute Gasteiger partial charge is 0.344 e. The van der Waals surface area contributed by atoms with E-state index in [9.17, 15) is 9.59 Å². The predicted molar refractivity (Wildman–Crippen MR) is 120 cm³/mol. The topological polar surface area (TPSA) is 86.8 Å². The molecule has 2 aromatic carbocycles. The van der Waals surface area contributed by atoms with Gasteiger partial charge in [-0.1, -0.05) is 18.2 Å². The highest BCUT2D eigenvalue weighted by Crippen LogP contribution is 2.32. The van der Waals surface area contributed by atoms with Gasteiger partial charge in [0.15, 0.2) is 6.61 Å². The molecule has 0 saturated heterocycles. The highest BCUT2D eigenvalue weighted by atomic mass is 32.1. The minimum absolute atomic E-state index is 0.140. The third-order valence-corrected chi connectivity index (χ3v) is 5.01. The molecule has 0 bridgehead atoms. The molecule has 0 aliphatic carbocycles. The van der Waals surface area contributed by atoms with E-state index >= 15 is 0 Å². The van der Waals surface area contributed by atoms with E-state index in [0.717, 1.165) is 16.3 Å². The highest BCUT2D eigenvalue weighted by Gasteiger charge is 2.13. The fourth-order valence-electron chi connectivity index (χ4n) is 2.81. The molecule has 1 heterocycles. The van der Waals surface area contributed by atoms with Gasteiger partial charge in [0.05, 0.1) is 30.9 Å². The predicted octanol–water partition coefficient (Wildman–Crippen LogP) is 4.33. The number of amides is 1. The Labute approximate surface area is 185 Å². The Kier molecular flexibility index (Phi) is 8.00. The van der Waals surface area contributed by atoms with Gasteiger partial charge < -0.3 is 19.5 Å². The second-order valence-corrected chi connectivity index (χ2v) is 7.28. The molecular formula is C23H24N2O5S. The molecule has 1 amide bonds. The molecule has 0 saturated carbocycles. The number of hydrogen-bond acceptors (Lipinski definition) is 7. The quantitative estimate of drug-likeness (QED) is 0.472. The largest absolute Gasteiger partial charge is 0.493 e. The summed E-state index contributed by atoms with van der Waals surface area (Å²) in [4.78, 5) is 28.5. The lowest BCUT2D eigenvalue weighted by Crippen LogP contribution is -2.16. The number of esters is 1. The lowest BCUT2D eigenvalue weighted by Gasteiger charge is -2.09. The summed E-state index contributed by atoms with van der Waals surface area (Å²) in [6.45, 7) is 4.35. The fraction of sp³-hybridized carbons (Fsp3) is 0.261. The Morgan fingerprint density at radius 1 is 1.03 bits per heavy atom. The van der Waals surface area contributed by atoms with Crippen molar-refractivity contribution < 1.29 is 23.8 Å². The number of carbonyl (C=O) groups is 2. The molecular weight excluding hydrogens is 416 g/mol. The van der Waals surface area contributed by atoms with E-state index < -0.39 is 5.97 Å². The SMILES string of the molecule is CCOC(=O)COc1cccc(NC(=O)Cc2csc(-c3ccccc3OCC)n2)c1. The lowest BCUT2D eigenvalue weighted by atomic mass is 10.2. The minimum atomic E-state index is -0.442. The Bertz CT molecular complexity index is 1030. The normalized spacial score (nSPS) is 10.4. The van der Waals surface area contributed by atoms with E-state index in [1.165, 1.54) is 11.3 Å². The van der Waals surface area contributed by atoms with Crippen LogP contribution in [0, 0.1) is 0 Å². The number of thiazole rings is 1. The second-order valence-electron chi connectivity index (χ2n) is 6.42. The highest BCUT2D eigenvalue weighted by molar-refractivity contribution is 7.13. The van der Waals surface area contributed by atoms with Crippen molar-refractivity contribution in [1.82, 2.24) is 4.98 Å². The van der Waals surface area contributed by atoms with Crippen molar-refractivity contribution in [2.45, 2.75) is 20.3 Å². The van der Waals surface area contributed by atoms with E-state index in [4.69, 9.17) is 14.2 Å². The molecule has 0 atom stereocenters. The molecule has 0 aliphatic heterocycles. The van der Waals surface area contributed by atoms with E-state index in [0.29, 0.717) is 30.3 Å². The summed E-state index contributed by atoms with van der Waals surface area (Å²) in [5.41, 5.74) is 2.16. The number of anilines is 1. The van der Waals surface area contributed by atoms with Crippen molar-refractivity contribution in [3.63, 3.8) is 0 Å². The van der Waals surface area contributed by atoms with Gasteiger partial charge in [0.2, 0.25) is 5.91 Å². The second kappa shape index (κ2) is 11.1. The fourth-order valence-corrected chi connectivity index (χ4v) is 3.66. The zero-order chi connectivity index (χ0) is 22.1. The Morgan fingerprint density at radius 3 is 2.68 bits per heavy atom. The first-order valence-corrected chi connectivity index (χ1v) is 10.8. The summed E-state index contributed by atoms with van der Waals surface area (Å²) >= 11 is 1.47. The van der Waals surface area contributed by atoms with Crippen molar-refractivity contribution >= 4 is 28.9 Å². The molecule has 0 aliphatic rings. The molecule has 7 nitrogen and oxygen atoms in total. The molecule has 0 unspecified atom stereocenters. The standard InChI is InChI=1S/C23H24N2O5S/c1-3-28-20-11-6-5-10-19(20)23-25-17(15-31-23)13-21(26)24-16-8-7-9-18(12-16)30-14-22(27)29-4-2/h5-12,15H,3-4,13-14H2,1-2H3,(H,24,26). The maximum atomic E-state index is 12.5. The van der Waals surface area contributed by atoms with Gasteiger partial charge in [-0.05, 0) is 38.1 Å². The molecule has 0 radical (unpaired) electrons. The van der Waals surface area contributed by atoms with Gasteiger partial charge in [-0.25, -0.2) is 9.78 Å². The van der Waals surface area contributed by atoms with Crippen LogP contribution in [0.3, 0.4) is 0 Å². The molecule has 3 rings (SSSR count). The van der Waals surface area contributed by atoms with Crippen molar-refractivity contribution in [1.29, 1.82) is 0 Å². The molecule has 3 aromatic rings. The summed E-state index contributed by atoms with van der Waals surface area (Å²) < 4.78 is 15.9. The molecule has 8 heteroatoms. The number of nitrogens with one attached hydrogen (secondary N) is 1. The zero-order valence-corrected chi connectivity index (χ0v) is 18.2. The first-order valence-electron chi connectivity index (χ1n) is 9.94. The number of rotatable bonds is 10. The van der Waals surface area contributed by atoms with Gasteiger partial charge in [0.1, 0.15) is 16.5 Å². The van der Waals surface area contributed by atoms with Crippen LogP contribution in [0.5, 0.6) is 11.5 Å². The Morgan fingerprint density at radius 2 is 1.87 bits per heavy atom. The summed E-state index contributed by atoms with van der Waals surface area (Å²) in [5.74, 6) is 0.601. The number of nitrogens with zero attached hydrogens (tertiary/aromatic N) is 1. The average Bonchev–Trinajstić information content (AvgIpc) is 3.21. The number of hydrogen-bond donors (Lipinski definition) is 1. The summed E-state index contributed by atoms with van der Waals surface area (Å²) in [6.07, 6.45) is 0.140. The summed E-state index contributed by atoms with van der Waals surface area (Å²) in [7, 11) is 0. The van der Waals surface area contributed by atoms with Crippen LogP contribution in [0.4, 0.5) is 5.69 Å². The Balaban J connectivity index is 1.60. The van der Waals surface area contributed by atoms with Crippen molar-refractivity contribution in [2.75, 3.05) is 25.1 Å². The minimum Gasteiger partial charge on any atom is -0.493 e. The molecule has 162 valence electrons. The van der Waals surface area contributed by atoms with Gasteiger partial charge in [-0.15, -0.1) is 11.3 Å². The lowest BCUT2D eigenvalue weighted by molar-refractivity contribution is -0.145. The zero-order valence-electron chi connectivity index (χ0n) is 17.4. The number of benzene rings is 2. The van der Waals surface area contributed by atoms with E-state index in [1.807, 2.05) is 36.6 Å². The first-order chi connectivity index (χ1) is 15.1. The number of ether oxygens (including phenoxy) is 3. The van der Waals surface area contributed by atoms with Gasteiger partial charge in [0, 0.05) is 17.1 Å². The van der Waals surface area contributed by atoms with Crippen LogP contribution in [-0.2, 0) is 20.7 Å². The summed E-state index contributed by atoms with van der Waals surface area (Å²) in [6, 6.07) is 14.6. The van der Waals surface area contributed by atoms with Crippen LogP contribution in [0.15, 0.2) is 53.9 Å². The van der Waals surface area contributed by atoms with Gasteiger partial charge in [0.25, 0.3) is 0 Å². The molecule has 1 N–H and O–H groups in total. The van der Waals surface area contributed by atoms with E-state index in [-0.39, 0.29) is 18.9 Å². The summed E-state index contributed by atoms with van der Waals surface area (Å²) in [5, 5.41) is 5.51. The maximum absolute atomic E-state index is 12.5. The maximum Gasteiger partial charge on any atom is 0.344 e. The van der Waals surface area contributed by atoms with E-state index in [2.05, 4.69) is 10.3 Å². The first kappa shape index (κ1) is 22.3. The van der Waals surface area contributed by atoms with Gasteiger partial charge in [-0.3, -0.25) is 4.79 Å². The van der Waals surface area contributed by atoms with Crippen LogP contribution in [0.25, 0.3) is 10.6 Å². The number of carbonyl (C=O) groups excluding carboxylic acids is 2. The van der Waals surface area contributed by atoms with Gasteiger partial charge in [-0.2, -0.15) is 0 Å². The van der Waals surface area contributed by atoms with Crippen molar-refractivity contribution in [3.8, 4) is 22.1 Å². The number of para-hydroxylation sites is 1. The Hall–Kier alpha value is -3.39. The molecule has 31 heavy (non-hydrogen) atoms. The molecule has 1 aromatic heterocycles. The average molecular weight is 441 g/mol. The molecule has 0 spiro atoms. The number of aromatic nitrogens is 1. The van der Waals surface area contributed by atoms with E-state index in [1.54, 1.807) is 31.2 Å². The van der Waals surface area contributed by atoms with Crippen molar-refractivity contribution in [2.24, 2.45) is 0 Å².